The SMILES string of the molecule is C[C@@]1(C(=O)NC2CCCCC2)Cn2c(cc3ccccc32)C(=O)N1C1CCN(Cc2ccccc2)CC1. The molecule has 1 aromatic heterocycles. The maximum Gasteiger partial charge on any atom is 0.271 e. The fourth-order valence-corrected chi connectivity index (χ4v) is 6.80. The van der Waals surface area contributed by atoms with Gasteiger partial charge in [-0.3, -0.25) is 14.5 Å². The average molecular weight is 499 g/mol. The van der Waals surface area contributed by atoms with Gasteiger partial charge in [-0.1, -0.05) is 67.8 Å². The van der Waals surface area contributed by atoms with Gasteiger partial charge in [-0.25, -0.2) is 0 Å². The van der Waals surface area contributed by atoms with Crippen molar-refractivity contribution in [2.24, 2.45) is 0 Å². The van der Waals surface area contributed by atoms with Crippen LogP contribution in [-0.2, 0) is 17.9 Å². The molecule has 1 aliphatic carbocycles. The van der Waals surface area contributed by atoms with E-state index in [9.17, 15) is 9.59 Å². The molecule has 6 rings (SSSR count). The molecule has 2 aromatic carbocycles. The first kappa shape index (κ1) is 24.2. The van der Waals surface area contributed by atoms with Crippen LogP contribution in [0.3, 0.4) is 0 Å². The van der Waals surface area contributed by atoms with E-state index in [0.29, 0.717) is 12.2 Å². The number of hydrogen-bond donors (Lipinski definition) is 1. The second-order valence-electron chi connectivity index (χ2n) is 11.4. The summed E-state index contributed by atoms with van der Waals surface area (Å²) in [4.78, 5) is 32.7. The highest BCUT2D eigenvalue weighted by atomic mass is 16.2. The van der Waals surface area contributed by atoms with E-state index in [-0.39, 0.29) is 23.9 Å². The molecule has 0 bridgehead atoms. The molecule has 0 unspecified atom stereocenters. The summed E-state index contributed by atoms with van der Waals surface area (Å²) in [6, 6.07) is 21.0. The number of piperidine rings is 1. The lowest BCUT2D eigenvalue weighted by Gasteiger charge is -2.50. The Bertz CT molecular complexity index is 1270. The van der Waals surface area contributed by atoms with Crippen molar-refractivity contribution in [1.82, 2.24) is 19.7 Å². The molecule has 1 saturated carbocycles. The molecule has 2 fully saturated rings. The van der Waals surface area contributed by atoms with Crippen molar-refractivity contribution in [3.8, 4) is 0 Å². The Morgan fingerprint density at radius 2 is 1.65 bits per heavy atom. The smallest absolute Gasteiger partial charge is 0.271 e. The molecule has 2 amide bonds. The number of nitrogens with one attached hydrogen (secondary N) is 1. The highest BCUT2D eigenvalue weighted by molar-refractivity contribution is 6.03. The summed E-state index contributed by atoms with van der Waals surface area (Å²) >= 11 is 0. The molecule has 1 saturated heterocycles. The van der Waals surface area contributed by atoms with Crippen molar-refractivity contribution < 1.29 is 9.59 Å². The quantitative estimate of drug-likeness (QED) is 0.540. The van der Waals surface area contributed by atoms with Crippen LogP contribution in [0.25, 0.3) is 10.9 Å². The summed E-state index contributed by atoms with van der Waals surface area (Å²) in [6.07, 6.45) is 7.40. The molecule has 37 heavy (non-hydrogen) atoms. The number of hydrogen-bond acceptors (Lipinski definition) is 3. The van der Waals surface area contributed by atoms with Gasteiger partial charge in [0.15, 0.2) is 0 Å². The molecule has 1 N–H and O–H groups in total. The van der Waals surface area contributed by atoms with Crippen molar-refractivity contribution in [1.29, 1.82) is 0 Å². The second kappa shape index (κ2) is 9.97. The summed E-state index contributed by atoms with van der Waals surface area (Å²) in [5, 5.41) is 4.43. The second-order valence-corrected chi connectivity index (χ2v) is 11.4. The molecular weight excluding hydrogens is 460 g/mol. The van der Waals surface area contributed by atoms with Gasteiger partial charge in [-0.15, -0.1) is 0 Å². The van der Waals surface area contributed by atoms with Crippen LogP contribution in [-0.4, -0.2) is 56.9 Å². The van der Waals surface area contributed by atoms with Gasteiger partial charge in [0.1, 0.15) is 11.2 Å². The number of rotatable bonds is 5. The molecule has 6 heteroatoms. The van der Waals surface area contributed by atoms with Crippen molar-refractivity contribution >= 4 is 22.7 Å². The van der Waals surface area contributed by atoms with Crippen LogP contribution in [0.15, 0.2) is 60.7 Å². The molecule has 2 aliphatic heterocycles. The number of carbonyl (C=O) groups excluding carboxylic acids is 2. The average Bonchev–Trinajstić information content (AvgIpc) is 3.29. The van der Waals surface area contributed by atoms with Crippen LogP contribution in [0.2, 0.25) is 0 Å². The molecule has 3 aliphatic rings. The predicted octanol–water partition coefficient (Wildman–Crippen LogP) is 4.97. The van der Waals surface area contributed by atoms with E-state index >= 15 is 0 Å². The first-order valence-corrected chi connectivity index (χ1v) is 14.0. The lowest BCUT2D eigenvalue weighted by atomic mass is 9.88. The highest BCUT2D eigenvalue weighted by Gasteiger charge is 2.51. The van der Waals surface area contributed by atoms with E-state index < -0.39 is 5.54 Å². The number of fused-ring (bicyclic) bond motifs is 3. The first-order chi connectivity index (χ1) is 18.0. The third kappa shape index (κ3) is 4.56. The number of aromatic nitrogens is 1. The van der Waals surface area contributed by atoms with Crippen LogP contribution in [0.5, 0.6) is 0 Å². The van der Waals surface area contributed by atoms with Crippen LogP contribution < -0.4 is 5.32 Å². The highest BCUT2D eigenvalue weighted by Crippen LogP contribution is 2.36. The topological polar surface area (TPSA) is 57.6 Å². The molecule has 3 heterocycles. The summed E-state index contributed by atoms with van der Waals surface area (Å²) in [5.41, 5.74) is 2.13. The maximum absolute atomic E-state index is 14.2. The lowest BCUT2D eigenvalue weighted by molar-refractivity contribution is -0.136. The molecular formula is C31H38N4O2. The van der Waals surface area contributed by atoms with E-state index in [1.165, 1.54) is 12.0 Å². The molecule has 194 valence electrons. The van der Waals surface area contributed by atoms with Crippen molar-refractivity contribution in [3.05, 3.63) is 71.9 Å². The Labute approximate surface area is 219 Å². The Kier molecular flexibility index (Phi) is 6.53. The van der Waals surface area contributed by atoms with Crippen LogP contribution >= 0.6 is 0 Å². The van der Waals surface area contributed by atoms with Gasteiger partial charge in [0, 0.05) is 42.6 Å². The number of benzene rings is 2. The van der Waals surface area contributed by atoms with E-state index in [1.54, 1.807) is 0 Å². The zero-order valence-corrected chi connectivity index (χ0v) is 21.9. The Morgan fingerprint density at radius 3 is 2.41 bits per heavy atom. The minimum Gasteiger partial charge on any atom is -0.351 e. The molecule has 3 aromatic rings. The molecule has 1 atom stereocenters. The standard InChI is InChI=1S/C31H38N4O2/c1-31(30(37)32-25-13-6-3-7-14-25)22-34-27-15-9-8-12-24(27)20-28(34)29(36)35(31)26-16-18-33(19-17-26)21-23-10-4-2-5-11-23/h2,4-5,8-12,15,20,25-26H,3,6-7,13-14,16-19,21-22H2,1H3,(H,32,37)/t31-/m0/s1. The summed E-state index contributed by atoms with van der Waals surface area (Å²) in [6.45, 7) is 5.26. The minimum atomic E-state index is -0.921. The van der Waals surface area contributed by atoms with E-state index in [2.05, 4.69) is 57.2 Å². The zero-order chi connectivity index (χ0) is 25.4. The predicted molar refractivity (Wildman–Crippen MR) is 146 cm³/mol. The van der Waals surface area contributed by atoms with Crippen molar-refractivity contribution in [2.75, 3.05) is 13.1 Å². The van der Waals surface area contributed by atoms with Gasteiger partial charge in [0.05, 0.1) is 6.54 Å². The molecule has 6 nitrogen and oxygen atoms in total. The third-order valence-corrected chi connectivity index (χ3v) is 8.85. The van der Waals surface area contributed by atoms with Crippen molar-refractivity contribution in [3.63, 3.8) is 0 Å². The molecule has 0 spiro atoms. The number of carbonyl (C=O) groups is 2. The number of para-hydroxylation sites is 1. The summed E-state index contributed by atoms with van der Waals surface area (Å²) < 4.78 is 2.08. The van der Waals surface area contributed by atoms with Gasteiger partial charge < -0.3 is 14.8 Å². The van der Waals surface area contributed by atoms with Gasteiger partial charge in [-0.2, -0.15) is 0 Å². The van der Waals surface area contributed by atoms with Gasteiger partial charge >= 0.3 is 0 Å². The number of likely N-dealkylation sites (tertiary alicyclic amines) is 1. The number of amides is 2. The van der Waals surface area contributed by atoms with E-state index in [0.717, 1.165) is 69.1 Å². The maximum atomic E-state index is 14.2. The van der Waals surface area contributed by atoms with E-state index in [4.69, 9.17) is 0 Å². The Hall–Kier alpha value is -3.12. The number of nitrogens with zero attached hydrogens (tertiary/aromatic N) is 3. The minimum absolute atomic E-state index is 0.00268. The van der Waals surface area contributed by atoms with E-state index in [1.807, 2.05) is 30.0 Å². The van der Waals surface area contributed by atoms with Gasteiger partial charge in [0.25, 0.3) is 5.91 Å². The zero-order valence-electron chi connectivity index (χ0n) is 21.9. The Balaban J connectivity index is 1.28. The van der Waals surface area contributed by atoms with Gasteiger partial charge in [-0.05, 0) is 50.3 Å². The third-order valence-electron chi connectivity index (χ3n) is 8.85. The van der Waals surface area contributed by atoms with Crippen LogP contribution in [0, 0.1) is 0 Å². The van der Waals surface area contributed by atoms with Crippen LogP contribution in [0.1, 0.15) is 67.9 Å². The lowest BCUT2D eigenvalue weighted by Crippen LogP contribution is -2.68. The van der Waals surface area contributed by atoms with Crippen molar-refractivity contribution in [2.45, 2.75) is 82.6 Å². The fourth-order valence-electron chi connectivity index (χ4n) is 6.80. The Morgan fingerprint density at radius 1 is 0.946 bits per heavy atom. The molecule has 0 radical (unpaired) electrons. The normalized spacial score (nSPS) is 23.8. The van der Waals surface area contributed by atoms with Crippen LogP contribution in [0.4, 0.5) is 0 Å². The monoisotopic (exact) mass is 498 g/mol. The first-order valence-electron chi connectivity index (χ1n) is 14.0. The fraction of sp³-hybridized carbons (Fsp3) is 0.484. The summed E-state index contributed by atoms with van der Waals surface area (Å²) in [5.74, 6) is -0.00634. The largest absolute Gasteiger partial charge is 0.351 e. The van der Waals surface area contributed by atoms with Gasteiger partial charge in [0.2, 0.25) is 5.91 Å². The summed E-state index contributed by atoms with van der Waals surface area (Å²) in [7, 11) is 0.